The quantitative estimate of drug-likeness (QED) is 0.816. The number of halogens is 1. The molecular formula is C15H29ClN2O. The van der Waals surface area contributed by atoms with E-state index in [0.717, 1.165) is 25.2 Å². The summed E-state index contributed by atoms with van der Waals surface area (Å²) in [5.74, 6) is 1.01. The molecule has 0 aliphatic heterocycles. The van der Waals surface area contributed by atoms with E-state index in [9.17, 15) is 4.79 Å². The third-order valence-corrected chi connectivity index (χ3v) is 4.74. The number of carbonyl (C=O) groups excluding carboxylic acids is 1. The van der Waals surface area contributed by atoms with E-state index in [1.165, 1.54) is 44.9 Å². The van der Waals surface area contributed by atoms with E-state index in [-0.39, 0.29) is 23.9 Å². The highest BCUT2D eigenvalue weighted by molar-refractivity contribution is 5.85. The lowest BCUT2D eigenvalue weighted by Crippen LogP contribution is -2.51. The van der Waals surface area contributed by atoms with Gasteiger partial charge in [0.2, 0.25) is 5.91 Å². The molecule has 1 amide bonds. The third kappa shape index (κ3) is 5.70. The first-order chi connectivity index (χ1) is 8.68. The molecule has 0 bridgehead atoms. The Balaban J connectivity index is 0.00000180. The summed E-state index contributed by atoms with van der Waals surface area (Å²) >= 11 is 0. The zero-order valence-electron chi connectivity index (χ0n) is 12.0. The highest BCUT2D eigenvalue weighted by Gasteiger charge is 2.27. The fraction of sp³-hybridized carbons (Fsp3) is 0.933. The normalized spacial score (nSPS) is 22.8. The Morgan fingerprint density at radius 3 is 2.37 bits per heavy atom. The molecule has 2 rings (SSSR count). The average molecular weight is 289 g/mol. The van der Waals surface area contributed by atoms with Crippen molar-refractivity contribution in [3.05, 3.63) is 0 Å². The molecule has 112 valence electrons. The molecule has 2 fully saturated rings. The second-order valence-corrected chi connectivity index (χ2v) is 6.39. The van der Waals surface area contributed by atoms with Crippen LogP contribution in [0.4, 0.5) is 0 Å². The molecule has 0 atom stereocenters. The van der Waals surface area contributed by atoms with Crippen LogP contribution >= 0.6 is 12.4 Å². The molecule has 2 aliphatic carbocycles. The van der Waals surface area contributed by atoms with Gasteiger partial charge in [-0.15, -0.1) is 12.4 Å². The summed E-state index contributed by atoms with van der Waals surface area (Å²) in [4.78, 5) is 11.8. The Bertz CT molecular complexity index is 271. The first-order valence-electron chi connectivity index (χ1n) is 7.74. The van der Waals surface area contributed by atoms with Crippen LogP contribution in [0.2, 0.25) is 0 Å². The van der Waals surface area contributed by atoms with E-state index in [2.05, 4.69) is 5.32 Å². The molecule has 0 radical (unpaired) electrons. The van der Waals surface area contributed by atoms with Crippen LogP contribution < -0.4 is 11.1 Å². The molecule has 3 nitrogen and oxygen atoms in total. The van der Waals surface area contributed by atoms with Gasteiger partial charge in [0.05, 0.1) is 0 Å². The second-order valence-electron chi connectivity index (χ2n) is 6.39. The monoisotopic (exact) mass is 288 g/mol. The lowest BCUT2D eigenvalue weighted by atomic mass is 9.82. The van der Waals surface area contributed by atoms with Gasteiger partial charge in [-0.05, 0) is 25.2 Å². The third-order valence-electron chi connectivity index (χ3n) is 4.74. The summed E-state index contributed by atoms with van der Waals surface area (Å²) in [5, 5.41) is 3.05. The summed E-state index contributed by atoms with van der Waals surface area (Å²) in [7, 11) is 0. The smallest absolute Gasteiger partial charge is 0.220 e. The van der Waals surface area contributed by atoms with Crippen molar-refractivity contribution in [2.24, 2.45) is 11.7 Å². The largest absolute Gasteiger partial charge is 0.354 e. The number of nitrogens with one attached hydrogen (secondary N) is 1. The highest BCUT2D eigenvalue weighted by Crippen LogP contribution is 2.28. The van der Waals surface area contributed by atoms with Gasteiger partial charge in [-0.2, -0.15) is 0 Å². The van der Waals surface area contributed by atoms with Crippen molar-refractivity contribution in [2.75, 3.05) is 6.54 Å². The van der Waals surface area contributed by atoms with Gasteiger partial charge in [0, 0.05) is 18.5 Å². The van der Waals surface area contributed by atoms with Crippen LogP contribution in [-0.4, -0.2) is 18.0 Å². The van der Waals surface area contributed by atoms with Crippen LogP contribution in [-0.2, 0) is 4.79 Å². The van der Waals surface area contributed by atoms with Crippen LogP contribution in [0.25, 0.3) is 0 Å². The minimum atomic E-state index is -0.124. The van der Waals surface area contributed by atoms with Crippen LogP contribution in [0.3, 0.4) is 0 Å². The molecule has 19 heavy (non-hydrogen) atoms. The summed E-state index contributed by atoms with van der Waals surface area (Å²) in [6, 6.07) is 0. The number of carbonyl (C=O) groups is 1. The van der Waals surface area contributed by atoms with E-state index in [1.54, 1.807) is 0 Å². The number of rotatable bonds is 5. The molecule has 3 N–H and O–H groups in total. The summed E-state index contributed by atoms with van der Waals surface area (Å²) in [6.07, 6.45) is 13.0. The van der Waals surface area contributed by atoms with E-state index < -0.39 is 0 Å². The molecule has 0 heterocycles. The maximum Gasteiger partial charge on any atom is 0.220 e. The molecule has 0 aromatic carbocycles. The minimum Gasteiger partial charge on any atom is -0.354 e. The molecule has 0 aromatic rings. The van der Waals surface area contributed by atoms with Crippen LogP contribution in [0.1, 0.15) is 70.6 Å². The summed E-state index contributed by atoms with van der Waals surface area (Å²) < 4.78 is 0. The maximum atomic E-state index is 11.8. The van der Waals surface area contributed by atoms with Gasteiger partial charge in [-0.3, -0.25) is 4.79 Å². The average Bonchev–Trinajstić information content (AvgIpc) is 2.88. The standard InChI is InChI=1S/C15H28N2O.ClH/c16-15(10-4-1-5-11-15)12-17-14(18)9-8-13-6-2-3-7-13;/h13H,1-12,16H2,(H,17,18);1H. The number of hydrogen-bond donors (Lipinski definition) is 2. The van der Waals surface area contributed by atoms with Crippen molar-refractivity contribution in [3.63, 3.8) is 0 Å². The Morgan fingerprint density at radius 1 is 1.11 bits per heavy atom. The van der Waals surface area contributed by atoms with Crippen molar-refractivity contribution in [1.29, 1.82) is 0 Å². The topological polar surface area (TPSA) is 55.1 Å². The summed E-state index contributed by atoms with van der Waals surface area (Å²) in [5.41, 5.74) is 6.19. The molecular weight excluding hydrogens is 260 g/mol. The van der Waals surface area contributed by atoms with Gasteiger partial charge in [0.25, 0.3) is 0 Å². The van der Waals surface area contributed by atoms with Gasteiger partial charge in [-0.25, -0.2) is 0 Å². The van der Waals surface area contributed by atoms with Gasteiger partial charge in [0.1, 0.15) is 0 Å². The second kappa shape index (κ2) is 8.11. The Morgan fingerprint density at radius 2 is 1.74 bits per heavy atom. The number of nitrogens with two attached hydrogens (primary N) is 1. The predicted octanol–water partition coefficient (Wildman–Crippen LogP) is 3.16. The SMILES string of the molecule is Cl.NC1(CNC(=O)CCC2CCCC2)CCCCC1. The molecule has 2 aliphatic rings. The van der Waals surface area contributed by atoms with Gasteiger partial charge < -0.3 is 11.1 Å². The van der Waals surface area contributed by atoms with E-state index in [4.69, 9.17) is 5.73 Å². The maximum absolute atomic E-state index is 11.8. The van der Waals surface area contributed by atoms with Gasteiger partial charge in [0.15, 0.2) is 0 Å². The molecule has 0 spiro atoms. The fourth-order valence-electron chi connectivity index (χ4n) is 3.43. The van der Waals surface area contributed by atoms with Crippen molar-refractivity contribution in [3.8, 4) is 0 Å². The van der Waals surface area contributed by atoms with Crippen molar-refractivity contribution >= 4 is 18.3 Å². The van der Waals surface area contributed by atoms with Crippen LogP contribution in [0, 0.1) is 5.92 Å². The first-order valence-corrected chi connectivity index (χ1v) is 7.74. The van der Waals surface area contributed by atoms with Gasteiger partial charge >= 0.3 is 0 Å². The zero-order chi connectivity index (χ0) is 12.8. The van der Waals surface area contributed by atoms with Crippen LogP contribution in [0.5, 0.6) is 0 Å². The number of hydrogen-bond acceptors (Lipinski definition) is 2. The highest BCUT2D eigenvalue weighted by atomic mass is 35.5. The Kier molecular flexibility index (Phi) is 7.16. The van der Waals surface area contributed by atoms with Gasteiger partial charge in [-0.1, -0.05) is 44.9 Å². The number of amides is 1. The Labute approximate surface area is 123 Å². The minimum absolute atomic E-state index is 0. The van der Waals surface area contributed by atoms with E-state index >= 15 is 0 Å². The molecule has 2 saturated carbocycles. The molecule has 0 unspecified atom stereocenters. The van der Waals surface area contributed by atoms with E-state index in [0.29, 0.717) is 13.0 Å². The summed E-state index contributed by atoms with van der Waals surface area (Å²) in [6.45, 7) is 0.677. The van der Waals surface area contributed by atoms with Crippen LogP contribution in [0.15, 0.2) is 0 Å². The van der Waals surface area contributed by atoms with Crippen molar-refractivity contribution in [1.82, 2.24) is 5.32 Å². The molecule has 4 heteroatoms. The predicted molar refractivity (Wildman–Crippen MR) is 81.5 cm³/mol. The van der Waals surface area contributed by atoms with Crippen molar-refractivity contribution in [2.45, 2.75) is 76.2 Å². The molecule has 0 aromatic heterocycles. The zero-order valence-corrected chi connectivity index (χ0v) is 12.8. The van der Waals surface area contributed by atoms with E-state index in [1.807, 2.05) is 0 Å². The molecule has 0 saturated heterocycles. The van der Waals surface area contributed by atoms with Crippen molar-refractivity contribution < 1.29 is 4.79 Å². The first kappa shape index (κ1) is 16.8. The Hall–Kier alpha value is -0.280. The lowest BCUT2D eigenvalue weighted by Gasteiger charge is -2.33. The fourth-order valence-corrected chi connectivity index (χ4v) is 3.43. The lowest BCUT2D eigenvalue weighted by molar-refractivity contribution is -0.121.